The van der Waals surface area contributed by atoms with Gasteiger partial charge >= 0.3 is 5.97 Å². The molecule has 0 spiro atoms. The second-order valence-electron chi connectivity index (χ2n) is 7.42. The van der Waals surface area contributed by atoms with Crippen LogP contribution in [-0.2, 0) is 20.7 Å². The number of hydrogen-bond acceptors (Lipinski definition) is 5. The predicted molar refractivity (Wildman–Crippen MR) is 115 cm³/mol. The maximum atomic E-state index is 13.0. The first-order chi connectivity index (χ1) is 14.6. The van der Waals surface area contributed by atoms with Crippen LogP contribution < -0.4 is 14.4 Å². The number of carbonyl (C=O) groups excluding carboxylic acids is 2. The summed E-state index contributed by atoms with van der Waals surface area (Å²) >= 11 is 0. The highest BCUT2D eigenvalue weighted by molar-refractivity contribution is 5.95. The smallest absolute Gasteiger partial charge is 0.310 e. The molecule has 1 aliphatic carbocycles. The van der Waals surface area contributed by atoms with Crippen molar-refractivity contribution in [3.8, 4) is 11.5 Å². The van der Waals surface area contributed by atoms with E-state index in [-0.39, 0.29) is 25.0 Å². The topological polar surface area (TPSA) is 65.1 Å². The van der Waals surface area contributed by atoms with E-state index >= 15 is 0 Å². The lowest BCUT2D eigenvalue weighted by Gasteiger charge is -2.34. The summed E-state index contributed by atoms with van der Waals surface area (Å²) in [6, 6.07) is 15.0. The molecule has 6 nitrogen and oxygen atoms in total. The number of anilines is 1. The third-order valence-electron chi connectivity index (χ3n) is 5.40. The molecule has 0 bridgehead atoms. The average Bonchev–Trinajstić information content (AvgIpc) is 2.79. The Morgan fingerprint density at radius 2 is 1.63 bits per heavy atom. The standard InChI is InChI=1S/C24H29NO5/c1-28-21-14-13-18(15-22(21)29-2)16-24(27)30-17-23(26)25(19-9-5-3-6-10-19)20-11-7-4-8-12-20/h3,5-6,9-10,13-15,20H,4,7-8,11-12,16-17H2,1-2H3. The number of benzene rings is 2. The highest BCUT2D eigenvalue weighted by atomic mass is 16.5. The van der Waals surface area contributed by atoms with Gasteiger partial charge in [0.05, 0.1) is 20.6 Å². The molecule has 2 aromatic carbocycles. The van der Waals surface area contributed by atoms with Crippen LogP contribution in [0.3, 0.4) is 0 Å². The van der Waals surface area contributed by atoms with Gasteiger partial charge in [-0.2, -0.15) is 0 Å². The summed E-state index contributed by atoms with van der Waals surface area (Å²) in [5.74, 6) is 0.503. The van der Waals surface area contributed by atoms with Crippen molar-refractivity contribution in [2.24, 2.45) is 0 Å². The van der Waals surface area contributed by atoms with E-state index in [2.05, 4.69) is 0 Å². The Bertz CT molecular complexity index is 846. The lowest BCUT2D eigenvalue weighted by Crippen LogP contribution is -2.44. The van der Waals surface area contributed by atoms with Crippen LogP contribution in [0, 0.1) is 0 Å². The van der Waals surface area contributed by atoms with E-state index < -0.39 is 5.97 Å². The van der Waals surface area contributed by atoms with Crippen molar-refractivity contribution >= 4 is 17.6 Å². The summed E-state index contributed by atoms with van der Waals surface area (Å²) in [5, 5.41) is 0. The molecule has 0 aliphatic heterocycles. The Labute approximate surface area is 177 Å². The van der Waals surface area contributed by atoms with Gasteiger partial charge in [-0.1, -0.05) is 43.5 Å². The summed E-state index contributed by atoms with van der Waals surface area (Å²) in [5.41, 5.74) is 1.59. The number of nitrogens with zero attached hydrogens (tertiary/aromatic N) is 1. The second kappa shape index (κ2) is 10.7. The van der Waals surface area contributed by atoms with Gasteiger partial charge in [0.25, 0.3) is 5.91 Å². The summed E-state index contributed by atoms with van der Waals surface area (Å²) in [4.78, 5) is 27.1. The third kappa shape index (κ3) is 5.53. The van der Waals surface area contributed by atoms with Crippen molar-refractivity contribution in [2.45, 2.75) is 44.6 Å². The molecule has 0 aromatic heterocycles. The highest BCUT2D eigenvalue weighted by Crippen LogP contribution is 2.29. The first-order valence-corrected chi connectivity index (χ1v) is 10.4. The van der Waals surface area contributed by atoms with Crippen LogP contribution in [0.2, 0.25) is 0 Å². The number of methoxy groups -OCH3 is 2. The molecule has 0 N–H and O–H groups in total. The Kier molecular flexibility index (Phi) is 7.71. The third-order valence-corrected chi connectivity index (χ3v) is 5.40. The average molecular weight is 411 g/mol. The van der Waals surface area contributed by atoms with Gasteiger partial charge in [-0.25, -0.2) is 0 Å². The molecule has 1 aliphatic rings. The number of hydrogen-bond donors (Lipinski definition) is 0. The second-order valence-corrected chi connectivity index (χ2v) is 7.42. The number of rotatable bonds is 8. The van der Waals surface area contributed by atoms with Crippen molar-refractivity contribution in [3.05, 3.63) is 54.1 Å². The van der Waals surface area contributed by atoms with Gasteiger partial charge in [0.15, 0.2) is 18.1 Å². The van der Waals surface area contributed by atoms with Gasteiger partial charge in [-0.05, 0) is 42.7 Å². The zero-order chi connectivity index (χ0) is 21.3. The first kappa shape index (κ1) is 21.7. The Morgan fingerprint density at radius 1 is 0.933 bits per heavy atom. The zero-order valence-corrected chi connectivity index (χ0v) is 17.6. The minimum absolute atomic E-state index is 0.0579. The van der Waals surface area contributed by atoms with Crippen LogP contribution in [0.4, 0.5) is 5.69 Å². The maximum absolute atomic E-state index is 13.0. The van der Waals surface area contributed by atoms with E-state index in [9.17, 15) is 9.59 Å². The number of amides is 1. The number of ether oxygens (including phenoxy) is 3. The Morgan fingerprint density at radius 3 is 2.30 bits per heavy atom. The normalized spacial score (nSPS) is 14.1. The molecule has 0 saturated heterocycles. The molecular weight excluding hydrogens is 382 g/mol. The van der Waals surface area contributed by atoms with E-state index in [0.717, 1.165) is 36.9 Å². The molecule has 6 heteroatoms. The lowest BCUT2D eigenvalue weighted by molar-refractivity contribution is -0.147. The molecule has 0 heterocycles. The van der Waals surface area contributed by atoms with Crippen molar-refractivity contribution in [1.82, 2.24) is 0 Å². The Balaban J connectivity index is 1.62. The Hall–Kier alpha value is -3.02. The first-order valence-electron chi connectivity index (χ1n) is 10.4. The molecule has 0 atom stereocenters. The molecule has 30 heavy (non-hydrogen) atoms. The van der Waals surface area contributed by atoms with Crippen LogP contribution in [-0.4, -0.2) is 38.7 Å². The van der Waals surface area contributed by atoms with Crippen molar-refractivity contribution in [1.29, 1.82) is 0 Å². The molecule has 2 aromatic rings. The molecule has 1 amide bonds. The summed E-state index contributed by atoms with van der Waals surface area (Å²) in [7, 11) is 3.10. The number of para-hydroxylation sites is 1. The fourth-order valence-corrected chi connectivity index (χ4v) is 3.91. The lowest BCUT2D eigenvalue weighted by atomic mass is 9.93. The minimum Gasteiger partial charge on any atom is -0.493 e. The monoisotopic (exact) mass is 411 g/mol. The van der Waals surface area contributed by atoms with Crippen LogP contribution in [0.15, 0.2) is 48.5 Å². The zero-order valence-electron chi connectivity index (χ0n) is 17.6. The van der Waals surface area contributed by atoms with Gasteiger partial charge in [-0.3, -0.25) is 9.59 Å². The van der Waals surface area contributed by atoms with Gasteiger partial charge in [0.2, 0.25) is 0 Å². The van der Waals surface area contributed by atoms with E-state index in [4.69, 9.17) is 14.2 Å². The molecule has 1 saturated carbocycles. The van der Waals surface area contributed by atoms with E-state index in [1.54, 1.807) is 32.4 Å². The van der Waals surface area contributed by atoms with E-state index in [0.29, 0.717) is 11.5 Å². The van der Waals surface area contributed by atoms with Gasteiger partial charge in [-0.15, -0.1) is 0 Å². The van der Waals surface area contributed by atoms with Gasteiger partial charge in [0.1, 0.15) is 0 Å². The van der Waals surface area contributed by atoms with Crippen molar-refractivity contribution < 1.29 is 23.8 Å². The molecule has 1 fully saturated rings. The van der Waals surface area contributed by atoms with Crippen LogP contribution >= 0.6 is 0 Å². The number of esters is 1. The summed E-state index contributed by atoms with van der Waals surface area (Å²) in [6.07, 6.45) is 5.43. The fraction of sp³-hybridized carbons (Fsp3) is 0.417. The minimum atomic E-state index is -0.452. The van der Waals surface area contributed by atoms with E-state index in [1.807, 2.05) is 35.2 Å². The number of carbonyl (C=O) groups is 2. The van der Waals surface area contributed by atoms with Crippen molar-refractivity contribution in [3.63, 3.8) is 0 Å². The fourth-order valence-electron chi connectivity index (χ4n) is 3.91. The quantitative estimate of drug-likeness (QED) is 0.611. The van der Waals surface area contributed by atoms with E-state index in [1.165, 1.54) is 6.42 Å². The molecule has 0 radical (unpaired) electrons. The van der Waals surface area contributed by atoms with Crippen LogP contribution in [0.25, 0.3) is 0 Å². The van der Waals surface area contributed by atoms with Gasteiger partial charge in [0, 0.05) is 11.7 Å². The maximum Gasteiger partial charge on any atom is 0.310 e. The highest BCUT2D eigenvalue weighted by Gasteiger charge is 2.27. The molecule has 0 unspecified atom stereocenters. The van der Waals surface area contributed by atoms with Gasteiger partial charge < -0.3 is 19.1 Å². The van der Waals surface area contributed by atoms with Crippen LogP contribution in [0.5, 0.6) is 11.5 Å². The molecule has 3 rings (SSSR count). The van der Waals surface area contributed by atoms with Crippen molar-refractivity contribution in [2.75, 3.05) is 25.7 Å². The largest absolute Gasteiger partial charge is 0.493 e. The molecular formula is C24H29NO5. The molecule has 160 valence electrons. The van der Waals surface area contributed by atoms with Crippen LogP contribution in [0.1, 0.15) is 37.7 Å². The summed E-state index contributed by atoms with van der Waals surface area (Å²) in [6.45, 7) is -0.266. The summed E-state index contributed by atoms with van der Waals surface area (Å²) < 4.78 is 15.8. The SMILES string of the molecule is COc1ccc(CC(=O)OCC(=O)N(c2ccccc2)C2CCCCC2)cc1OC. The predicted octanol–water partition coefficient (Wildman–Crippen LogP) is 4.16.